The maximum Gasteiger partial charge on any atom is 0.273 e. The van der Waals surface area contributed by atoms with Crippen molar-refractivity contribution in [3.63, 3.8) is 0 Å². The highest BCUT2D eigenvalue weighted by molar-refractivity contribution is 7.99. The van der Waals surface area contributed by atoms with Gasteiger partial charge in [-0.05, 0) is 25.1 Å². The van der Waals surface area contributed by atoms with Crippen LogP contribution >= 0.6 is 11.8 Å². The highest BCUT2D eigenvalue weighted by Gasteiger charge is 2.22. The van der Waals surface area contributed by atoms with Crippen molar-refractivity contribution in [2.75, 3.05) is 49.4 Å². The number of anilines is 2. The first-order valence-electron chi connectivity index (χ1n) is 10.6. The van der Waals surface area contributed by atoms with Crippen molar-refractivity contribution in [2.45, 2.75) is 12.1 Å². The molecule has 0 atom stereocenters. The lowest BCUT2D eigenvalue weighted by Crippen LogP contribution is -2.37. The van der Waals surface area contributed by atoms with Gasteiger partial charge >= 0.3 is 0 Å². The van der Waals surface area contributed by atoms with Gasteiger partial charge in [0.05, 0.1) is 48.4 Å². The van der Waals surface area contributed by atoms with E-state index in [9.17, 15) is 14.9 Å². The fourth-order valence-corrected chi connectivity index (χ4v) is 4.20. The number of aryl methyl sites for hydroxylation is 1. The predicted molar refractivity (Wildman–Crippen MR) is 128 cm³/mol. The molecule has 1 N–H and O–H groups in total. The van der Waals surface area contributed by atoms with Gasteiger partial charge in [-0.2, -0.15) is 0 Å². The number of carbonyl (C=O) groups is 1. The molecule has 1 amide bonds. The number of morpholine rings is 1. The van der Waals surface area contributed by atoms with Gasteiger partial charge in [-0.1, -0.05) is 29.5 Å². The number of hydrogen-bond acceptors (Lipinski definition) is 9. The van der Waals surface area contributed by atoms with Crippen molar-refractivity contribution >= 4 is 35.0 Å². The Labute approximate surface area is 200 Å². The minimum atomic E-state index is -0.520. The molecular formula is C22H24N6O5S. The van der Waals surface area contributed by atoms with Crippen LogP contribution in [0.3, 0.4) is 0 Å². The maximum absolute atomic E-state index is 12.7. The van der Waals surface area contributed by atoms with Gasteiger partial charge in [0.2, 0.25) is 11.9 Å². The second-order valence-corrected chi connectivity index (χ2v) is 8.47. The van der Waals surface area contributed by atoms with E-state index in [0.29, 0.717) is 43.1 Å². The van der Waals surface area contributed by atoms with Crippen LogP contribution in [0.25, 0.3) is 5.69 Å². The number of hydrogen-bond donors (Lipinski definition) is 1. The molecule has 178 valence electrons. The number of nitro benzene ring substituents is 1. The van der Waals surface area contributed by atoms with Crippen LogP contribution in [-0.4, -0.2) is 64.8 Å². The average molecular weight is 485 g/mol. The molecule has 1 aliphatic rings. The molecule has 0 bridgehead atoms. The molecule has 0 spiro atoms. The molecule has 1 aliphatic heterocycles. The number of nitrogens with one attached hydrogen (secondary N) is 1. The largest absolute Gasteiger partial charge is 0.494 e. The number of non-ortho nitro benzene ring substituents is 1. The van der Waals surface area contributed by atoms with Gasteiger partial charge in [0.15, 0.2) is 5.16 Å². The fourth-order valence-electron chi connectivity index (χ4n) is 3.46. The summed E-state index contributed by atoms with van der Waals surface area (Å²) in [6.45, 7) is 4.65. The van der Waals surface area contributed by atoms with E-state index in [-0.39, 0.29) is 23.1 Å². The van der Waals surface area contributed by atoms with Gasteiger partial charge < -0.3 is 19.7 Å². The predicted octanol–water partition coefficient (Wildman–Crippen LogP) is 3.06. The van der Waals surface area contributed by atoms with Crippen molar-refractivity contribution in [3.05, 3.63) is 58.1 Å². The summed E-state index contributed by atoms with van der Waals surface area (Å²) in [4.78, 5) is 25.2. The Morgan fingerprint density at radius 2 is 1.94 bits per heavy atom. The van der Waals surface area contributed by atoms with Crippen molar-refractivity contribution in [1.82, 2.24) is 14.8 Å². The Morgan fingerprint density at radius 1 is 1.21 bits per heavy atom. The van der Waals surface area contributed by atoms with Crippen LogP contribution in [0.5, 0.6) is 5.75 Å². The van der Waals surface area contributed by atoms with Gasteiger partial charge in [0.25, 0.3) is 5.69 Å². The summed E-state index contributed by atoms with van der Waals surface area (Å²) in [6, 6.07) is 12.0. The summed E-state index contributed by atoms with van der Waals surface area (Å²) in [6.07, 6.45) is 0. The topological polar surface area (TPSA) is 125 Å². The molecule has 2 heterocycles. The van der Waals surface area contributed by atoms with Gasteiger partial charge in [-0.25, -0.2) is 0 Å². The first kappa shape index (κ1) is 23.5. The van der Waals surface area contributed by atoms with Crippen LogP contribution in [0.1, 0.15) is 5.56 Å². The molecule has 2 aromatic carbocycles. The van der Waals surface area contributed by atoms with Crippen LogP contribution in [-0.2, 0) is 9.53 Å². The van der Waals surface area contributed by atoms with E-state index in [2.05, 4.69) is 20.4 Å². The standard InChI is InChI=1S/C22H24N6O5S/c1-15-3-5-16(6-4-15)27-21(26-9-11-33-12-10-26)24-25-22(27)34-14-20(29)23-18-8-7-17(28(30)31)13-19(18)32-2/h3-8,13H,9-12,14H2,1-2H3,(H,23,29). The molecular weight excluding hydrogens is 460 g/mol. The Bertz CT molecular complexity index is 1180. The quantitative estimate of drug-likeness (QED) is 0.292. The molecule has 4 rings (SSSR count). The lowest BCUT2D eigenvalue weighted by Gasteiger charge is -2.28. The number of benzene rings is 2. The molecule has 1 aromatic heterocycles. The van der Waals surface area contributed by atoms with Crippen molar-refractivity contribution in [1.29, 1.82) is 0 Å². The number of amides is 1. The van der Waals surface area contributed by atoms with Gasteiger partial charge in [0.1, 0.15) is 5.75 Å². The maximum atomic E-state index is 12.7. The Hall–Kier alpha value is -3.64. The van der Waals surface area contributed by atoms with E-state index >= 15 is 0 Å². The SMILES string of the molecule is COc1cc([N+](=O)[O-])ccc1NC(=O)CSc1nnc(N2CCOCC2)n1-c1ccc(C)cc1. The van der Waals surface area contributed by atoms with Crippen LogP contribution in [0, 0.1) is 17.0 Å². The van der Waals surface area contributed by atoms with Gasteiger partial charge in [0, 0.05) is 19.2 Å². The zero-order chi connectivity index (χ0) is 24.1. The normalized spacial score (nSPS) is 13.5. The minimum Gasteiger partial charge on any atom is -0.494 e. The Morgan fingerprint density at radius 3 is 2.62 bits per heavy atom. The number of methoxy groups -OCH3 is 1. The monoisotopic (exact) mass is 484 g/mol. The third-order valence-electron chi connectivity index (χ3n) is 5.20. The number of nitro groups is 1. The first-order valence-corrected chi connectivity index (χ1v) is 11.5. The first-order chi connectivity index (χ1) is 16.5. The Kier molecular flexibility index (Phi) is 7.28. The third kappa shape index (κ3) is 5.29. The summed E-state index contributed by atoms with van der Waals surface area (Å²) < 4.78 is 12.6. The highest BCUT2D eigenvalue weighted by Crippen LogP contribution is 2.30. The number of ether oxygens (including phenoxy) is 2. The zero-order valence-electron chi connectivity index (χ0n) is 18.8. The van der Waals surface area contributed by atoms with Gasteiger partial charge in [-0.15, -0.1) is 10.2 Å². The molecule has 12 heteroatoms. The lowest BCUT2D eigenvalue weighted by atomic mass is 10.2. The van der Waals surface area contributed by atoms with E-state index in [1.165, 1.54) is 37.1 Å². The fraction of sp³-hybridized carbons (Fsp3) is 0.318. The van der Waals surface area contributed by atoms with E-state index < -0.39 is 4.92 Å². The summed E-state index contributed by atoms with van der Waals surface area (Å²) in [5, 5.41) is 23.1. The Balaban J connectivity index is 1.52. The van der Waals surface area contributed by atoms with Crippen molar-refractivity contribution in [3.8, 4) is 11.4 Å². The second kappa shape index (κ2) is 10.5. The smallest absolute Gasteiger partial charge is 0.273 e. The lowest BCUT2D eigenvalue weighted by molar-refractivity contribution is -0.384. The molecule has 0 unspecified atom stereocenters. The second-order valence-electron chi connectivity index (χ2n) is 7.53. The minimum absolute atomic E-state index is 0.0627. The third-order valence-corrected chi connectivity index (χ3v) is 6.13. The van der Waals surface area contributed by atoms with Gasteiger partial charge in [-0.3, -0.25) is 19.5 Å². The van der Waals surface area contributed by atoms with Crippen LogP contribution in [0.15, 0.2) is 47.6 Å². The van der Waals surface area contributed by atoms with E-state index in [0.717, 1.165) is 11.3 Å². The summed E-state index contributed by atoms with van der Waals surface area (Å²) >= 11 is 1.25. The molecule has 11 nitrogen and oxygen atoms in total. The van der Waals surface area contributed by atoms with Crippen LogP contribution < -0.4 is 15.0 Å². The molecule has 34 heavy (non-hydrogen) atoms. The molecule has 1 saturated heterocycles. The van der Waals surface area contributed by atoms with Crippen molar-refractivity contribution in [2.24, 2.45) is 0 Å². The number of nitrogens with zero attached hydrogens (tertiary/aromatic N) is 5. The molecule has 0 aliphatic carbocycles. The number of thioether (sulfide) groups is 1. The molecule has 0 radical (unpaired) electrons. The summed E-state index contributed by atoms with van der Waals surface area (Å²) in [7, 11) is 1.39. The molecule has 1 fully saturated rings. The number of rotatable bonds is 8. The van der Waals surface area contributed by atoms with E-state index in [1.54, 1.807) is 0 Å². The van der Waals surface area contributed by atoms with Crippen LogP contribution in [0.2, 0.25) is 0 Å². The highest BCUT2D eigenvalue weighted by atomic mass is 32.2. The average Bonchev–Trinajstić information content (AvgIpc) is 3.28. The zero-order valence-corrected chi connectivity index (χ0v) is 19.6. The van der Waals surface area contributed by atoms with E-state index in [1.807, 2.05) is 35.8 Å². The summed E-state index contributed by atoms with van der Waals surface area (Å²) in [5.74, 6) is 0.674. The van der Waals surface area contributed by atoms with E-state index in [4.69, 9.17) is 9.47 Å². The number of carbonyl (C=O) groups excluding carboxylic acids is 1. The number of aromatic nitrogens is 3. The molecule has 3 aromatic rings. The molecule has 0 saturated carbocycles. The van der Waals surface area contributed by atoms with Crippen LogP contribution in [0.4, 0.5) is 17.3 Å². The van der Waals surface area contributed by atoms with Crippen molar-refractivity contribution < 1.29 is 19.2 Å². The summed E-state index contributed by atoms with van der Waals surface area (Å²) in [5.41, 5.74) is 2.27.